The van der Waals surface area contributed by atoms with Gasteiger partial charge in [-0.3, -0.25) is 19.3 Å². The van der Waals surface area contributed by atoms with Crippen molar-refractivity contribution < 1.29 is 24.2 Å². The van der Waals surface area contributed by atoms with Gasteiger partial charge in [0.05, 0.1) is 13.2 Å². The van der Waals surface area contributed by atoms with E-state index in [1.54, 1.807) is 6.08 Å². The maximum Gasteiger partial charge on any atom is 0.300 e. The second-order valence-electron chi connectivity index (χ2n) is 10.9. The van der Waals surface area contributed by atoms with E-state index in [0.717, 1.165) is 96.7 Å². The zero-order chi connectivity index (χ0) is 30.0. The molecule has 1 amide bonds. The molecule has 2 aliphatic heterocycles. The summed E-state index contributed by atoms with van der Waals surface area (Å²) in [7, 11) is 2.05. The molecule has 2 aliphatic rings. The first-order chi connectivity index (χ1) is 19.8. The Morgan fingerprint density at radius 3 is 2.61 bits per heavy atom. The van der Waals surface area contributed by atoms with Crippen LogP contribution in [-0.4, -0.2) is 96.9 Å². The molecule has 0 spiro atoms. The molecule has 228 valence electrons. The Bertz CT molecular complexity index is 1010. The number of amides is 1. The number of nitrogens with zero attached hydrogens (tertiary/aromatic N) is 3. The Balaban J connectivity index is 0.00000138. The maximum absolute atomic E-state index is 13.5. The van der Waals surface area contributed by atoms with Crippen molar-refractivity contribution in [2.24, 2.45) is 5.73 Å². The molecule has 3 N–H and O–H groups in total. The van der Waals surface area contributed by atoms with E-state index in [9.17, 15) is 9.59 Å². The number of carbonyl (C=O) groups excluding carboxylic acids is 2. The molecule has 0 radical (unpaired) electrons. The third-order valence-corrected chi connectivity index (χ3v) is 7.52. The first-order valence-corrected chi connectivity index (χ1v) is 14.9. The summed E-state index contributed by atoms with van der Waals surface area (Å²) in [5.74, 6) is 0.846. The average Bonchev–Trinajstić information content (AvgIpc) is 3.58. The molecular weight excluding hydrogens is 520 g/mol. The summed E-state index contributed by atoms with van der Waals surface area (Å²) in [5, 5.41) is 7.42. The fourth-order valence-electron chi connectivity index (χ4n) is 5.34. The molecule has 0 saturated carbocycles. The molecule has 2 heterocycles. The van der Waals surface area contributed by atoms with Crippen molar-refractivity contribution in [3.8, 4) is 5.75 Å². The molecule has 1 saturated heterocycles. The quantitative estimate of drug-likeness (QED) is 0.133. The largest absolute Gasteiger partial charge is 0.493 e. The van der Waals surface area contributed by atoms with Crippen molar-refractivity contribution in [2.45, 2.75) is 70.8 Å². The first kappa shape index (κ1) is 34.0. The molecule has 0 unspecified atom stereocenters. The number of fused-ring (bicyclic) bond motifs is 1. The molecule has 1 aromatic rings. The smallest absolute Gasteiger partial charge is 0.300 e. The lowest BCUT2D eigenvalue weighted by Crippen LogP contribution is -2.43. The Hall–Kier alpha value is -3.17. The summed E-state index contributed by atoms with van der Waals surface area (Å²) >= 11 is 0. The Kier molecular flexibility index (Phi) is 15.8. The predicted molar refractivity (Wildman–Crippen MR) is 163 cm³/mol. The first-order valence-electron chi connectivity index (χ1n) is 14.9. The Morgan fingerprint density at radius 2 is 1.90 bits per heavy atom. The van der Waals surface area contributed by atoms with Crippen LogP contribution in [0.15, 0.2) is 42.6 Å². The minimum Gasteiger partial charge on any atom is -0.493 e. The molecular formula is C32H50N4O5. The van der Waals surface area contributed by atoms with Crippen molar-refractivity contribution in [1.82, 2.24) is 14.7 Å². The average molecular weight is 571 g/mol. The highest BCUT2D eigenvalue weighted by Crippen LogP contribution is 2.36. The monoisotopic (exact) mass is 570 g/mol. The number of nitrogens with two attached hydrogens (primary N) is 1. The van der Waals surface area contributed by atoms with Gasteiger partial charge in [0.25, 0.3) is 5.97 Å². The van der Waals surface area contributed by atoms with Crippen LogP contribution < -0.4 is 10.5 Å². The summed E-state index contributed by atoms with van der Waals surface area (Å²) in [5.41, 5.74) is 8.37. The number of hydrogen-bond donors (Lipinski definition) is 2. The number of carboxylic acids is 1. The van der Waals surface area contributed by atoms with Crippen molar-refractivity contribution in [1.29, 1.82) is 0 Å². The second-order valence-corrected chi connectivity index (χ2v) is 10.9. The number of unbranched alkanes of at least 4 members (excludes halogenated alkanes) is 2. The normalized spacial score (nSPS) is 18.1. The second kappa shape index (κ2) is 19.0. The van der Waals surface area contributed by atoms with Gasteiger partial charge in [-0.2, -0.15) is 0 Å². The lowest BCUT2D eigenvalue weighted by atomic mass is 9.93. The van der Waals surface area contributed by atoms with E-state index in [4.69, 9.17) is 20.4 Å². The highest BCUT2D eigenvalue weighted by molar-refractivity contribution is 5.78. The van der Waals surface area contributed by atoms with E-state index < -0.39 is 5.97 Å². The van der Waals surface area contributed by atoms with Crippen LogP contribution in [-0.2, 0) is 20.8 Å². The van der Waals surface area contributed by atoms with Gasteiger partial charge < -0.3 is 25.4 Å². The van der Waals surface area contributed by atoms with Crippen LogP contribution in [0.5, 0.6) is 5.75 Å². The van der Waals surface area contributed by atoms with E-state index in [-0.39, 0.29) is 5.91 Å². The molecule has 41 heavy (non-hydrogen) atoms. The lowest BCUT2D eigenvalue weighted by molar-refractivity contribution is -0.134. The Morgan fingerprint density at radius 1 is 1.15 bits per heavy atom. The van der Waals surface area contributed by atoms with Crippen molar-refractivity contribution in [2.75, 3.05) is 52.9 Å². The summed E-state index contributed by atoms with van der Waals surface area (Å²) < 4.78 is 5.72. The number of carbonyl (C=O) groups is 3. The van der Waals surface area contributed by atoms with Crippen LogP contribution in [0.4, 0.5) is 0 Å². The van der Waals surface area contributed by atoms with Gasteiger partial charge in [-0.15, -0.1) is 0 Å². The van der Waals surface area contributed by atoms with Crippen LogP contribution in [0.3, 0.4) is 0 Å². The van der Waals surface area contributed by atoms with Crippen LogP contribution in [0.2, 0.25) is 0 Å². The van der Waals surface area contributed by atoms with E-state index >= 15 is 0 Å². The van der Waals surface area contributed by atoms with Gasteiger partial charge in [-0.05, 0) is 80.1 Å². The third-order valence-electron chi connectivity index (χ3n) is 7.52. The minimum absolute atomic E-state index is 0.241. The summed E-state index contributed by atoms with van der Waals surface area (Å²) in [6, 6.07) is 7.00. The standard InChI is InChI=1S/C30H46N4O3.C2H4O2/c1-3-4-16-33(17-8-6-14-31)30(36)24-34-23-27(25-10-11-29-26(21-25)13-20-37-29)22-28(34)12-18-32(2)15-7-5-9-19-35;1-2(3)4/h5,7,9-11,15,19,21,27-28H,3-4,6,8,12-14,16-18,20,22-24,31H2,1-2H3;1H3,(H,3,4)/b9-5-,15-7-;/t27-,28+;/m1./s1. The summed E-state index contributed by atoms with van der Waals surface area (Å²) in [4.78, 5) is 39.6. The number of hydrogen-bond acceptors (Lipinski definition) is 7. The highest BCUT2D eigenvalue weighted by atomic mass is 16.5. The summed E-state index contributed by atoms with van der Waals surface area (Å²) in [6.07, 6.45) is 14.9. The molecule has 9 nitrogen and oxygen atoms in total. The number of aliphatic carboxylic acids is 1. The number of aldehydes is 1. The van der Waals surface area contributed by atoms with Gasteiger partial charge >= 0.3 is 0 Å². The van der Waals surface area contributed by atoms with Crippen LogP contribution in [0.1, 0.15) is 69.4 Å². The topological polar surface area (TPSA) is 116 Å². The van der Waals surface area contributed by atoms with Crippen molar-refractivity contribution in [3.63, 3.8) is 0 Å². The maximum atomic E-state index is 13.5. The van der Waals surface area contributed by atoms with Crippen LogP contribution in [0.25, 0.3) is 0 Å². The molecule has 2 atom stereocenters. The van der Waals surface area contributed by atoms with Crippen molar-refractivity contribution in [3.05, 3.63) is 53.8 Å². The molecule has 0 aliphatic carbocycles. The zero-order valence-electron chi connectivity index (χ0n) is 25.2. The summed E-state index contributed by atoms with van der Waals surface area (Å²) in [6.45, 7) is 8.59. The van der Waals surface area contributed by atoms with Gasteiger partial charge in [-0.1, -0.05) is 31.6 Å². The van der Waals surface area contributed by atoms with Gasteiger partial charge in [0.15, 0.2) is 0 Å². The SMILES string of the molecule is CC(=O)O.CCCCN(CCCCN)C(=O)CN1C[C@H](c2ccc3c(c2)CCO3)C[C@@H]1CCN(C)/C=C\C=C/C=O. The minimum atomic E-state index is -0.833. The fraction of sp³-hybridized carbons (Fsp3) is 0.594. The zero-order valence-corrected chi connectivity index (χ0v) is 25.2. The van der Waals surface area contributed by atoms with E-state index in [1.807, 2.05) is 12.3 Å². The third kappa shape index (κ3) is 12.5. The molecule has 1 fully saturated rings. The van der Waals surface area contributed by atoms with E-state index in [1.165, 1.54) is 17.2 Å². The molecule has 3 rings (SSSR count). The lowest BCUT2D eigenvalue weighted by Gasteiger charge is -2.29. The molecule has 0 aromatic heterocycles. The number of benzene rings is 1. The van der Waals surface area contributed by atoms with Crippen LogP contribution in [0, 0.1) is 0 Å². The van der Waals surface area contributed by atoms with Crippen molar-refractivity contribution >= 4 is 18.2 Å². The fourth-order valence-corrected chi connectivity index (χ4v) is 5.34. The molecule has 1 aromatic carbocycles. The number of likely N-dealkylation sites (tertiary alicyclic amines) is 1. The number of allylic oxidation sites excluding steroid dienone is 3. The van der Waals surface area contributed by atoms with Gasteiger partial charge in [0, 0.05) is 52.6 Å². The number of rotatable bonds is 16. The van der Waals surface area contributed by atoms with Gasteiger partial charge in [0.2, 0.25) is 5.91 Å². The van der Waals surface area contributed by atoms with E-state index in [0.29, 0.717) is 25.0 Å². The van der Waals surface area contributed by atoms with Crippen LogP contribution >= 0.6 is 0 Å². The highest BCUT2D eigenvalue weighted by Gasteiger charge is 2.35. The molecule has 9 heteroatoms. The number of carboxylic acid groups (broad SMARTS) is 1. The van der Waals surface area contributed by atoms with E-state index in [2.05, 4.69) is 46.9 Å². The number of ether oxygens (including phenoxy) is 1. The predicted octanol–water partition coefficient (Wildman–Crippen LogP) is 3.83. The molecule has 0 bridgehead atoms. The van der Waals surface area contributed by atoms with Gasteiger partial charge in [0.1, 0.15) is 12.0 Å². The van der Waals surface area contributed by atoms with Gasteiger partial charge in [-0.25, -0.2) is 0 Å². The Labute approximate surface area is 246 Å².